The van der Waals surface area contributed by atoms with Gasteiger partial charge in [0.25, 0.3) is 5.91 Å². The van der Waals surface area contributed by atoms with Crippen molar-refractivity contribution in [1.29, 1.82) is 0 Å². The summed E-state index contributed by atoms with van der Waals surface area (Å²) in [6.07, 6.45) is 3.70. The fraction of sp³-hybridized carbons (Fsp3) is 0.294. The summed E-state index contributed by atoms with van der Waals surface area (Å²) < 4.78 is 5.60. The summed E-state index contributed by atoms with van der Waals surface area (Å²) in [5, 5.41) is 3.67. The Morgan fingerprint density at radius 2 is 2.12 bits per heavy atom. The van der Waals surface area contributed by atoms with Crippen molar-refractivity contribution in [3.63, 3.8) is 0 Å². The highest BCUT2D eigenvalue weighted by molar-refractivity contribution is 6.42. The van der Waals surface area contributed by atoms with E-state index in [0.29, 0.717) is 39.7 Å². The molecule has 1 aliphatic rings. The molecular weight excluding hydrogens is 349 g/mol. The van der Waals surface area contributed by atoms with Crippen LogP contribution in [0.4, 0.5) is 0 Å². The van der Waals surface area contributed by atoms with E-state index in [9.17, 15) is 4.79 Å². The van der Waals surface area contributed by atoms with Crippen molar-refractivity contribution < 1.29 is 9.53 Å². The second-order valence-electron chi connectivity index (χ2n) is 5.69. The molecular formula is C17H17Cl2N3O2. The zero-order valence-corrected chi connectivity index (χ0v) is 14.3. The molecule has 1 heterocycles. The van der Waals surface area contributed by atoms with Gasteiger partial charge in [0.15, 0.2) is 0 Å². The average Bonchev–Trinajstić information content (AvgIpc) is 3.42. The summed E-state index contributed by atoms with van der Waals surface area (Å²) in [5.74, 6) is 1.05. The zero-order chi connectivity index (χ0) is 17.1. The summed E-state index contributed by atoms with van der Waals surface area (Å²) in [4.78, 5) is 16.4. The van der Waals surface area contributed by atoms with Crippen molar-refractivity contribution in [3.8, 4) is 11.6 Å². The van der Waals surface area contributed by atoms with Gasteiger partial charge in [0.2, 0.25) is 5.88 Å². The number of nitrogens with zero attached hydrogens (tertiary/aromatic N) is 1. The van der Waals surface area contributed by atoms with Crippen molar-refractivity contribution in [2.24, 2.45) is 11.7 Å². The highest BCUT2D eigenvalue weighted by Gasteiger charge is 2.31. The molecule has 1 saturated carbocycles. The number of carbonyl (C=O) groups is 1. The predicted molar refractivity (Wildman–Crippen MR) is 93.8 cm³/mol. The van der Waals surface area contributed by atoms with E-state index in [0.717, 1.165) is 12.8 Å². The highest BCUT2D eigenvalue weighted by atomic mass is 35.5. The number of benzene rings is 1. The molecule has 2 aromatic rings. The predicted octanol–water partition coefficient (Wildman–Crippen LogP) is 3.65. The molecule has 1 atom stereocenters. The molecule has 1 unspecified atom stereocenters. The number of aromatic nitrogens is 1. The molecule has 7 heteroatoms. The minimum absolute atomic E-state index is 0.0266. The zero-order valence-electron chi connectivity index (χ0n) is 12.8. The number of nitrogens with one attached hydrogen (secondary N) is 1. The Labute approximate surface area is 150 Å². The smallest absolute Gasteiger partial charge is 0.253 e. The number of nitrogens with two attached hydrogens (primary N) is 1. The quantitative estimate of drug-likeness (QED) is 0.818. The fourth-order valence-electron chi connectivity index (χ4n) is 2.37. The van der Waals surface area contributed by atoms with Crippen LogP contribution in [0.2, 0.25) is 10.0 Å². The number of hydrogen-bond acceptors (Lipinski definition) is 4. The molecule has 3 N–H and O–H groups in total. The van der Waals surface area contributed by atoms with E-state index in [4.69, 9.17) is 33.7 Å². The lowest BCUT2D eigenvalue weighted by Gasteiger charge is -2.16. The van der Waals surface area contributed by atoms with Crippen LogP contribution in [0.15, 0.2) is 36.5 Å². The fourth-order valence-corrected chi connectivity index (χ4v) is 2.70. The van der Waals surface area contributed by atoms with Gasteiger partial charge in [-0.05, 0) is 37.0 Å². The molecule has 1 aromatic carbocycles. The number of pyridine rings is 1. The molecule has 3 rings (SSSR count). The van der Waals surface area contributed by atoms with Crippen LogP contribution in [-0.2, 0) is 0 Å². The Morgan fingerprint density at radius 3 is 2.75 bits per heavy atom. The van der Waals surface area contributed by atoms with Crippen molar-refractivity contribution in [2.45, 2.75) is 18.9 Å². The first-order chi connectivity index (χ1) is 11.6. The monoisotopic (exact) mass is 365 g/mol. The molecule has 0 saturated heterocycles. The normalized spacial score (nSPS) is 15.0. The number of halogens is 2. The molecule has 1 amide bonds. The lowest BCUT2D eigenvalue weighted by atomic mass is 10.1. The maximum Gasteiger partial charge on any atom is 0.253 e. The first kappa shape index (κ1) is 17.0. The first-order valence-electron chi connectivity index (χ1n) is 7.67. The second-order valence-corrected chi connectivity index (χ2v) is 6.48. The van der Waals surface area contributed by atoms with Gasteiger partial charge < -0.3 is 15.8 Å². The number of carbonyl (C=O) groups excluding carboxylic acids is 1. The van der Waals surface area contributed by atoms with Crippen LogP contribution >= 0.6 is 23.2 Å². The van der Waals surface area contributed by atoms with Gasteiger partial charge in [-0.15, -0.1) is 0 Å². The summed E-state index contributed by atoms with van der Waals surface area (Å²) in [6.45, 7) is 0.443. The van der Waals surface area contributed by atoms with Crippen LogP contribution in [-0.4, -0.2) is 23.5 Å². The van der Waals surface area contributed by atoms with Gasteiger partial charge in [-0.1, -0.05) is 29.3 Å². The van der Waals surface area contributed by atoms with Crippen LogP contribution in [0.1, 0.15) is 23.2 Å². The van der Waals surface area contributed by atoms with Gasteiger partial charge >= 0.3 is 0 Å². The molecule has 5 nitrogen and oxygen atoms in total. The lowest BCUT2D eigenvalue weighted by Crippen LogP contribution is -2.41. The van der Waals surface area contributed by atoms with Crippen molar-refractivity contribution in [1.82, 2.24) is 10.3 Å². The minimum Gasteiger partial charge on any atom is -0.437 e. The minimum atomic E-state index is -0.183. The molecule has 0 aliphatic heterocycles. The summed E-state index contributed by atoms with van der Waals surface area (Å²) in [6, 6.07) is 8.38. The van der Waals surface area contributed by atoms with E-state index in [1.165, 1.54) is 6.20 Å². The lowest BCUT2D eigenvalue weighted by molar-refractivity contribution is 0.0933. The topological polar surface area (TPSA) is 77.2 Å². The Bertz CT molecular complexity index is 733. The van der Waals surface area contributed by atoms with E-state index >= 15 is 0 Å². The van der Waals surface area contributed by atoms with Crippen LogP contribution in [0.5, 0.6) is 11.6 Å². The largest absolute Gasteiger partial charge is 0.437 e. The van der Waals surface area contributed by atoms with Gasteiger partial charge in [0.1, 0.15) is 10.8 Å². The molecule has 0 spiro atoms. The van der Waals surface area contributed by atoms with Gasteiger partial charge in [0, 0.05) is 24.8 Å². The molecule has 0 radical (unpaired) electrons. The Morgan fingerprint density at radius 1 is 1.33 bits per heavy atom. The van der Waals surface area contributed by atoms with Gasteiger partial charge in [0.05, 0.1) is 10.6 Å². The third-order valence-corrected chi connectivity index (χ3v) is 4.69. The Balaban J connectivity index is 1.66. The van der Waals surface area contributed by atoms with Crippen molar-refractivity contribution in [3.05, 3.63) is 52.1 Å². The summed E-state index contributed by atoms with van der Waals surface area (Å²) >= 11 is 12.0. The van der Waals surface area contributed by atoms with Crippen LogP contribution in [0, 0.1) is 5.92 Å². The van der Waals surface area contributed by atoms with Crippen molar-refractivity contribution in [2.75, 3.05) is 6.54 Å². The average molecular weight is 366 g/mol. The van der Waals surface area contributed by atoms with Gasteiger partial charge in [-0.3, -0.25) is 4.79 Å². The second kappa shape index (κ2) is 7.38. The van der Waals surface area contributed by atoms with Crippen LogP contribution in [0.25, 0.3) is 0 Å². The number of ether oxygens (including phenoxy) is 1. The summed E-state index contributed by atoms with van der Waals surface area (Å²) in [7, 11) is 0. The first-order valence-corrected chi connectivity index (χ1v) is 8.43. The van der Waals surface area contributed by atoms with E-state index in [1.807, 2.05) is 0 Å². The van der Waals surface area contributed by atoms with Crippen molar-refractivity contribution >= 4 is 29.1 Å². The molecule has 1 aliphatic carbocycles. The van der Waals surface area contributed by atoms with Crippen LogP contribution < -0.4 is 15.8 Å². The van der Waals surface area contributed by atoms with Gasteiger partial charge in [-0.25, -0.2) is 4.98 Å². The SMILES string of the molecule is NCC(NC(=O)c1ccc(Oc2cccc(Cl)c2Cl)nc1)C1CC1. The van der Waals surface area contributed by atoms with E-state index in [2.05, 4.69) is 10.3 Å². The molecule has 126 valence electrons. The van der Waals surface area contributed by atoms with Crippen LogP contribution in [0.3, 0.4) is 0 Å². The maximum absolute atomic E-state index is 12.2. The highest BCUT2D eigenvalue weighted by Crippen LogP contribution is 2.34. The van der Waals surface area contributed by atoms with E-state index in [-0.39, 0.29) is 11.9 Å². The Hall–Kier alpha value is -1.82. The van der Waals surface area contributed by atoms with E-state index < -0.39 is 0 Å². The molecule has 1 aromatic heterocycles. The summed E-state index contributed by atoms with van der Waals surface area (Å²) in [5.41, 5.74) is 6.16. The third kappa shape index (κ3) is 3.98. The third-order valence-electron chi connectivity index (χ3n) is 3.89. The molecule has 0 bridgehead atoms. The molecule has 24 heavy (non-hydrogen) atoms. The van der Waals surface area contributed by atoms with Gasteiger partial charge in [-0.2, -0.15) is 0 Å². The van der Waals surface area contributed by atoms with E-state index in [1.54, 1.807) is 30.3 Å². The number of hydrogen-bond donors (Lipinski definition) is 2. The number of amides is 1. The standard InChI is InChI=1S/C17H17Cl2N3O2/c18-12-2-1-3-14(16(12)19)24-15-7-6-11(9-21-15)17(23)22-13(8-20)10-4-5-10/h1-3,6-7,9-10,13H,4-5,8,20H2,(H,22,23). The Kier molecular flexibility index (Phi) is 5.23. The number of rotatable bonds is 6. The molecule has 1 fully saturated rings. The maximum atomic E-state index is 12.2.